The van der Waals surface area contributed by atoms with Crippen molar-refractivity contribution >= 4 is 39.7 Å². The largest absolute Gasteiger partial charge is 0.491 e. The fourth-order valence-electron chi connectivity index (χ4n) is 2.30. The van der Waals surface area contributed by atoms with Gasteiger partial charge in [-0.1, -0.05) is 19.1 Å². The van der Waals surface area contributed by atoms with Gasteiger partial charge in [0.1, 0.15) is 5.75 Å². The maximum absolute atomic E-state index is 12.2. The van der Waals surface area contributed by atoms with Crippen LogP contribution in [0.4, 0.5) is 5.69 Å². The van der Waals surface area contributed by atoms with Crippen molar-refractivity contribution in [3.8, 4) is 5.75 Å². The summed E-state index contributed by atoms with van der Waals surface area (Å²) in [6, 6.07) is 8.90. The zero-order valence-corrected chi connectivity index (χ0v) is 15.9. The minimum absolute atomic E-state index is 0.0988. The van der Waals surface area contributed by atoms with Crippen molar-refractivity contribution < 1.29 is 9.53 Å². The van der Waals surface area contributed by atoms with Crippen LogP contribution >= 0.6 is 23.1 Å². The molecule has 6 nitrogen and oxygen atoms in total. The van der Waals surface area contributed by atoms with Crippen molar-refractivity contribution in [1.29, 1.82) is 0 Å². The number of carbonyl (C=O) groups is 1. The summed E-state index contributed by atoms with van der Waals surface area (Å²) in [5.74, 6) is 1.33. The third kappa shape index (κ3) is 4.64. The maximum Gasteiger partial charge on any atom is 0.258 e. The van der Waals surface area contributed by atoms with Crippen molar-refractivity contribution in [2.24, 2.45) is 0 Å². The Hall–Kier alpha value is -2.32. The second kappa shape index (κ2) is 8.86. The second-order valence-electron chi connectivity index (χ2n) is 5.53. The van der Waals surface area contributed by atoms with Crippen molar-refractivity contribution in [1.82, 2.24) is 9.38 Å². The molecule has 0 bridgehead atoms. The number of anilines is 1. The smallest absolute Gasteiger partial charge is 0.258 e. The molecule has 3 rings (SSSR count). The molecule has 136 valence electrons. The summed E-state index contributed by atoms with van der Waals surface area (Å²) < 4.78 is 7.15. The lowest BCUT2D eigenvalue weighted by Crippen LogP contribution is -2.16. The number of nitrogens with zero attached hydrogens (tertiary/aromatic N) is 2. The van der Waals surface area contributed by atoms with Crippen LogP contribution in [0, 0.1) is 0 Å². The van der Waals surface area contributed by atoms with E-state index < -0.39 is 0 Å². The summed E-state index contributed by atoms with van der Waals surface area (Å²) in [7, 11) is 0. The number of nitrogens with one attached hydrogen (secondary N) is 1. The number of benzene rings is 1. The first-order chi connectivity index (χ1) is 12.7. The molecule has 2 aromatic heterocycles. The van der Waals surface area contributed by atoms with Crippen LogP contribution in [0.3, 0.4) is 0 Å². The number of hydrogen-bond donors (Lipinski definition) is 1. The zero-order valence-electron chi connectivity index (χ0n) is 14.3. The molecule has 8 heteroatoms. The minimum atomic E-state index is -0.114. The summed E-state index contributed by atoms with van der Waals surface area (Å²) >= 11 is 2.83. The van der Waals surface area contributed by atoms with Crippen LogP contribution < -0.4 is 15.6 Å². The van der Waals surface area contributed by atoms with Crippen molar-refractivity contribution in [2.45, 2.75) is 19.1 Å². The van der Waals surface area contributed by atoms with Gasteiger partial charge >= 0.3 is 0 Å². The van der Waals surface area contributed by atoms with E-state index in [1.54, 1.807) is 6.20 Å². The molecule has 0 spiro atoms. The van der Waals surface area contributed by atoms with E-state index in [4.69, 9.17) is 4.74 Å². The third-order valence-corrected chi connectivity index (χ3v) is 5.18. The van der Waals surface area contributed by atoms with E-state index in [1.165, 1.54) is 33.6 Å². The predicted octanol–water partition coefficient (Wildman–Crippen LogP) is 3.42. The number of rotatable bonds is 8. The molecule has 0 saturated carbocycles. The molecule has 0 aliphatic carbocycles. The fourth-order valence-corrected chi connectivity index (χ4v) is 3.76. The number of thiazole rings is 1. The first kappa shape index (κ1) is 18.5. The lowest BCUT2D eigenvalue weighted by atomic mass is 10.3. The standard InChI is InChI=1S/C18H19N3O3S2/c1-2-8-24-15-6-4-3-5-14(15)20-16(22)12-25-11-13-10-17(23)21-7-9-26-18(21)19-13/h3-7,9-10H,2,8,11-12H2,1H3,(H,20,22). The van der Waals surface area contributed by atoms with Gasteiger partial charge in [-0.2, -0.15) is 0 Å². The lowest BCUT2D eigenvalue weighted by molar-refractivity contribution is -0.113. The highest BCUT2D eigenvalue weighted by molar-refractivity contribution is 7.99. The summed E-state index contributed by atoms with van der Waals surface area (Å²) in [6.07, 6.45) is 2.61. The molecule has 0 atom stereocenters. The predicted molar refractivity (Wildman–Crippen MR) is 106 cm³/mol. The Balaban J connectivity index is 1.55. The van der Waals surface area contributed by atoms with E-state index >= 15 is 0 Å². The topological polar surface area (TPSA) is 72.7 Å². The van der Waals surface area contributed by atoms with E-state index in [-0.39, 0.29) is 17.2 Å². The number of ether oxygens (including phenoxy) is 1. The molecule has 26 heavy (non-hydrogen) atoms. The highest BCUT2D eigenvalue weighted by Crippen LogP contribution is 2.24. The molecule has 1 aromatic carbocycles. The lowest BCUT2D eigenvalue weighted by Gasteiger charge is -2.11. The van der Waals surface area contributed by atoms with Crippen LogP contribution in [-0.4, -0.2) is 27.7 Å². The van der Waals surface area contributed by atoms with E-state index in [1.807, 2.05) is 36.6 Å². The highest BCUT2D eigenvalue weighted by atomic mass is 32.2. The molecule has 0 saturated heterocycles. The average Bonchev–Trinajstić information content (AvgIpc) is 3.10. The van der Waals surface area contributed by atoms with E-state index in [0.29, 0.717) is 34.5 Å². The molecule has 1 N–H and O–H groups in total. The summed E-state index contributed by atoms with van der Waals surface area (Å²) in [5.41, 5.74) is 1.25. The fraction of sp³-hybridized carbons (Fsp3) is 0.278. The Bertz CT molecular complexity index is 952. The maximum atomic E-state index is 12.2. The van der Waals surface area contributed by atoms with Crippen LogP contribution in [0.25, 0.3) is 4.96 Å². The Kier molecular flexibility index (Phi) is 6.30. The van der Waals surface area contributed by atoms with Crippen LogP contribution in [0.15, 0.2) is 46.7 Å². The van der Waals surface area contributed by atoms with Gasteiger partial charge in [0.05, 0.1) is 23.7 Å². The summed E-state index contributed by atoms with van der Waals surface area (Å²) in [5, 5.41) is 4.70. The molecule has 0 aliphatic rings. The molecule has 3 aromatic rings. The van der Waals surface area contributed by atoms with Gasteiger partial charge in [0.15, 0.2) is 4.96 Å². The summed E-state index contributed by atoms with van der Waals surface area (Å²) in [4.78, 5) is 29.2. The average molecular weight is 390 g/mol. The zero-order chi connectivity index (χ0) is 18.4. The Labute approximate surface area is 159 Å². The van der Waals surface area contributed by atoms with Gasteiger partial charge < -0.3 is 10.1 Å². The number of amides is 1. The van der Waals surface area contributed by atoms with Crippen molar-refractivity contribution in [2.75, 3.05) is 17.7 Å². The van der Waals surface area contributed by atoms with Gasteiger partial charge in [-0.15, -0.1) is 23.1 Å². The highest BCUT2D eigenvalue weighted by Gasteiger charge is 2.09. The number of thioether (sulfide) groups is 1. The van der Waals surface area contributed by atoms with E-state index in [0.717, 1.165) is 6.42 Å². The van der Waals surface area contributed by atoms with Crippen LogP contribution in [0.1, 0.15) is 19.0 Å². The van der Waals surface area contributed by atoms with Gasteiger partial charge in [0, 0.05) is 23.4 Å². The first-order valence-electron chi connectivity index (χ1n) is 8.22. The number of aromatic nitrogens is 2. The monoisotopic (exact) mass is 389 g/mol. The molecule has 0 unspecified atom stereocenters. The number of carbonyl (C=O) groups excluding carboxylic acids is 1. The third-order valence-electron chi connectivity index (χ3n) is 3.46. The van der Waals surface area contributed by atoms with Crippen LogP contribution in [-0.2, 0) is 10.5 Å². The minimum Gasteiger partial charge on any atom is -0.491 e. The van der Waals surface area contributed by atoms with Gasteiger partial charge in [0.25, 0.3) is 5.56 Å². The summed E-state index contributed by atoms with van der Waals surface area (Å²) in [6.45, 7) is 2.64. The van der Waals surface area contributed by atoms with E-state index in [9.17, 15) is 9.59 Å². The Morgan fingerprint density at radius 3 is 3.08 bits per heavy atom. The second-order valence-corrected chi connectivity index (χ2v) is 7.39. The molecular formula is C18H19N3O3S2. The molecule has 0 radical (unpaired) electrons. The number of fused-ring (bicyclic) bond motifs is 1. The van der Waals surface area contributed by atoms with Gasteiger partial charge in [0.2, 0.25) is 5.91 Å². The molecule has 2 heterocycles. The van der Waals surface area contributed by atoms with Gasteiger partial charge in [-0.3, -0.25) is 14.0 Å². The van der Waals surface area contributed by atoms with Gasteiger partial charge in [-0.25, -0.2) is 4.98 Å². The van der Waals surface area contributed by atoms with Crippen LogP contribution in [0.2, 0.25) is 0 Å². The number of hydrogen-bond acceptors (Lipinski definition) is 6. The first-order valence-corrected chi connectivity index (χ1v) is 10.3. The van der Waals surface area contributed by atoms with Crippen molar-refractivity contribution in [3.63, 3.8) is 0 Å². The molecule has 0 fully saturated rings. The Morgan fingerprint density at radius 2 is 2.23 bits per heavy atom. The number of para-hydroxylation sites is 2. The normalized spacial score (nSPS) is 10.8. The SMILES string of the molecule is CCCOc1ccccc1NC(=O)CSCc1cc(=O)n2ccsc2n1. The van der Waals surface area contributed by atoms with Crippen LogP contribution in [0.5, 0.6) is 5.75 Å². The molecule has 0 aliphatic heterocycles. The Morgan fingerprint density at radius 1 is 1.38 bits per heavy atom. The molecular weight excluding hydrogens is 370 g/mol. The molecule has 1 amide bonds. The quantitative estimate of drug-likeness (QED) is 0.639. The van der Waals surface area contributed by atoms with Crippen molar-refractivity contribution in [3.05, 3.63) is 58.0 Å². The van der Waals surface area contributed by atoms with Gasteiger partial charge in [-0.05, 0) is 18.6 Å². The van der Waals surface area contributed by atoms with E-state index in [2.05, 4.69) is 10.3 Å².